The topological polar surface area (TPSA) is 91.0 Å². The number of hydrogen-bond donors (Lipinski definition) is 2. The van der Waals surface area contributed by atoms with Crippen molar-refractivity contribution in [2.45, 2.75) is 13.0 Å². The maximum Gasteiger partial charge on any atom is 0.322 e. The van der Waals surface area contributed by atoms with Gasteiger partial charge in [0.15, 0.2) is 0 Å². The molecule has 2 aliphatic heterocycles. The number of thiophene rings is 1. The lowest BCUT2D eigenvalue weighted by Crippen LogP contribution is -2.47. The van der Waals surface area contributed by atoms with Crippen molar-refractivity contribution in [3.63, 3.8) is 0 Å². The third kappa shape index (κ3) is 3.63. The first kappa shape index (κ1) is 20.0. The number of ether oxygens (including phenoxy) is 1. The molecular weight excluding hydrogens is 404 g/mol. The second-order valence-corrected chi connectivity index (χ2v) is 7.76. The van der Waals surface area contributed by atoms with Crippen LogP contribution in [0.5, 0.6) is 5.75 Å². The Morgan fingerprint density at radius 1 is 1.27 bits per heavy atom. The zero-order valence-corrected chi connectivity index (χ0v) is 17.5. The molecule has 4 rings (SSSR count). The highest BCUT2D eigenvalue weighted by molar-refractivity contribution is 7.08. The molecule has 0 unspecified atom stereocenters. The normalized spacial score (nSPS) is 18.4. The van der Waals surface area contributed by atoms with Crippen LogP contribution in [0.15, 0.2) is 52.4 Å². The lowest BCUT2D eigenvalue weighted by Gasteiger charge is -2.32. The number of nitrogens with zero attached hydrogens (tertiary/aromatic N) is 2. The molecule has 2 aromatic rings. The molecular formula is C21H22N4O4S. The smallest absolute Gasteiger partial charge is 0.322 e. The fourth-order valence-corrected chi connectivity index (χ4v) is 4.43. The van der Waals surface area contributed by atoms with Crippen molar-refractivity contribution in [2.75, 3.05) is 32.1 Å². The van der Waals surface area contributed by atoms with E-state index >= 15 is 0 Å². The standard InChI is InChI=1S/C21H22N4O4S/c1-3-25-16-10-24(11-17(26)22-14-4-6-15(29-2)7-5-14)20(27)18(16)19(23-21(25)28)13-8-9-30-12-13/h4-9,12,19H,3,10-11H2,1-2H3,(H,22,26)(H,23,28)/t19-/m1/s1. The van der Waals surface area contributed by atoms with Gasteiger partial charge in [-0.1, -0.05) is 0 Å². The van der Waals surface area contributed by atoms with Gasteiger partial charge in [0.1, 0.15) is 12.3 Å². The Kier molecular flexibility index (Phi) is 5.45. The number of urea groups is 1. The second-order valence-electron chi connectivity index (χ2n) is 6.98. The molecule has 0 radical (unpaired) electrons. The minimum atomic E-state index is -0.497. The van der Waals surface area contributed by atoms with Crippen LogP contribution in [0.2, 0.25) is 0 Å². The summed E-state index contributed by atoms with van der Waals surface area (Å²) in [5.74, 6) is 0.156. The summed E-state index contributed by atoms with van der Waals surface area (Å²) in [4.78, 5) is 41.3. The van der Waals surface area contributed by atoms with E-state index in [1.807, 2.05) is 23.8 Å². The number of hydrogen-bond acceptors (Lipinski definition) is 5. The Hall–Kier alpha value is -3.33. The van der Waals surface area contributed by atoms with Gasteiger partial charge in [0.05, 0.1) is 31.0 Å². The fourth-order valence-electron chi connectivity index (χ4n) is 3.75. The zero-order chi connectivity index (χ0) is 21.3. The molecule has 0 aliphatic carbocycles. The van der Waals surface area contributed by atoms with E-state index in [9.17, 15) is 14.4 Å². The second kappa shape index (κ2) is 8.19. The predicted octanol–water partition coefficient (Wildman–Crippen LogP) is 2.58. The molecule has 4 amide bonds. The first-order valence-electron chi connectivity index (χ1n) is 9.58. The molecule has 0 saturated heterocycles. The number of rotatable bonds is 6. The van der Waals surface area contributed by atoms with Crippen molar-refractivity contribution in [3.8, 4) is 5.75 Å². The summed E-state index contributed by atoms with van der Waals surface area (Å²) >= 11 is 1.51. The number of benzene rings is 1. The average molecular weight is 426 g/mol. The van der Waals surface area contributed by atoms with Gasteiger partial charge in [0.25, 0.3) is 5.91 Å². The number of carbonyl (C=O) groups is 3. The minimum Gasteiger partial charge on any atom is -0.497 e. The zero-order valence-electron chi connectivity index (χ0n) is 16.7. The van der Waals surface area contributed by atoms with Crippen molar-refractivity contribution in [3.05, 3.63) is 57.9 Å². The third-order valence-electron chi connectivity index (χ3n) is 5.20. The molecule has 0 bridgehead atoms. The Morgan fingerprint density at radius 3 is 2.67 bits per heavy atom. The number of methoxy groups -OCH3 is 1. The number of likely N-dealkylation sites (N-methyl/N-ethyl adjacent to an activating group) is 1. The van der Waals surface area contributed by atoms with E-state index in [2.05, 4.69) is 10.6 Å². The Labute approximate surface area is 178 Å². The summed E-state index contributed by atoms with van der Waals surface area (Å²) in [5, 5.41) is 9.55. The van der Waals surface area contributed by atoms with Gasteiger partial charge in [-0.25, -0.2) is 4.79 Å². The highest BCUT2D eigenvalue weighted by Crippen LogP contribution is 2.36. The lowest BCUT2D eigenvalue weighted by molar-refractivity contribution is -0.130. The van der Waals surface area contributed by atoms with Crippen molar-refractivity contribution in [1.82, 2.24) is 15.1 Å². The van der Waals surface area contributed by atoms with Crippen LogP contribution in [0.1, 0.15) is 18.5 Å². The van der Waals surface area contributed by atoms with Gasteiger partial charge in [-0.05, 0) is 53.6 Å². The average Bonchev–Trinajstić information content (AvgIpc) is 3.37. The molecule has 0 spiro atoms. The van der Waals surface area contributed by atoms with Gasteiger partial charge in [-0.15, -0.1) is 0 Å². The van der Waals surface area contributed by atoms with Crippen LogP contribution < -0.4 is 15.4 Å². The molecule has 0 saturated carbocycles. The summed E-state index contributed by atoms with van der Waals surface area (Å²) in [5.41, 5.74) is 2.69. The van der Waals surface area contributed by atoms with Crippen LogP contribution in [-0.2, 0) is 9.59 Å². The number of nitrogens with one attached hydrogen (secondary N) is 2. The van der Waals surface area contributed by atoms with Crippen molar-refractivity contribution >= 4 is 34.9 Å². The van der Waals surface area contributed by atoms with Crippen molar-refractivity contribution in [2.24, 2.45) is 0 Å². The lowest BCUT2D eigenvalue weighted by atomic mass is 9.98. The quantitative estimate of drug-likeness (QED) is 0.743. The SMILES string of the molecule is CCN1C(=O)N[C@H](c2ccsc2)C2=C1CN(CC(=O)Nc1ccc(OC)cc1)C2=O. The van der Waals surface area contributed by atoms with Gasteiger partial charge in [0.2, 0.25) is 5.91 Å². The van der Waals surface area contributed by atoms with E-state index in [4.69, 9.17) is 4.74 Å². The van der Waals surface area contributed by atoms with Crippen molar-refractivity contribution in [1.29, 1.82) is 0 Å². The molecule has 1 aromatic heterocycles. The van der Waals surface area contributed by atoms with Gasteiger partial charge < -0.3 is 20.3 Å². The van der Waals surface area contributed by atoms with E-state index in [1.54, 1.807) is 36.3 Å². The summed E-state index contributed by atoms with van der Waals surface area (Å²) in [6, 6.07) is 8.14. The highest BCUT2D eigenvalue weighted by Gasteiger charge is 2.44. The fraction of sp³-hybridized carbons (Fsp3) is 0.286. The van der Waals surface area contributed by atoms with E-state index in [0.29, 0.717) is 29.3 Å². The molecule has 156 valence electrons. The maximum absolute atomic E-state index is 13.2. The molecule has 9 heteroatoms. The monoisotopic (exact) mass is 426 g/mol. The van der Waals surface area contributed by atoms with Crippen LogP contribution in [0.4, 0.5) is 10.5 Å². The number of amides is 4. The molecule has 30 heavy (non-hydrogen) atoms. The van der Waals surface area contributed by atoms with Crippen LogP contribution in [0, 0.1) is 0 Å². The van der Waals surface area contributed by atoms with Crippen LogP contribution in [0.25, 0.3) is 0 Å². The molecule has 0 fully saturated rings. The minimum absolute atomic E-state index is 0.0973. The van der Waals surface area contributed by atoms with Gasteiger partial charge >= 0.3 is 6.03 Å². The molecule has 8 nitrogen and oxygen atoms in total. The van der Waals surface area contributed by atoms with E-state index < -0.39 is 6.04 Å². The third-order valence-corrected chi connectivity index (χ3v) is 5.90. The molecule has 1 atom stereocenters. The summed E-state index contributed by atoms with van der Waals surface area (Å²) in [7, 11) is 1.57. The number of anilines is 1. The highest BCUT2D eigenvalue weighted by atomic mass is 32.1. The molecule has 2 N–H and O–H groups in total. The van der Waals surface area contributed by atoms with E-state index in [-0.39, 0.29) is 30.9 Å². The summed E-state index contributed by atoms with van der Waals surface area (Å²) in [6.45, 7) is 2.44. The van der Waals surface area contributed by atoms with Crippen LogP contribution in [-0.4, -0.2) is 54.4 Å². The number of carbonyl (C=O) groups excluding carboxylic acids is 3. The Bertz CT molecular complexity index is 1000. The molecule has 2 aliphatic rings. The molecule has 3 heterocycles. The Morgan fingerprint density at radius 2 is 2.03 bits per heavy atom. The van der Waals surface area contributed by atoms with Gasteiger partial charge in [-0.3, -0.25) is 14.5 Å². The van der Waals surface area contributed by atoms with Crippen LogP contribution >= 0.6 is 11.3 Å². The largest absolute Gasteiger partial charge is 0.497 e. The van der Waals surface area contributed by atoms with Crippen LogP contribution in [0.3, 0.4) is 0 Å². The first-order chi connectivity index (χ1) is 14.5. The van der Waals surface area contributed by atoms with Gasteiger partial charge in [0, 0.05) is 12.2 Å². The summed E-state index contributed by atoms with van der Waals surface area (Å²) in [6.07, 6.45) is 0. The van der Waals surface area contributed by atoms with Gasteiger partial charge in [-0.2, -0.15) is 11.3 Å². The molecule has 1 aromatic carbocycles. The van der Waals surface area contributed by atoms with Crippen molar-refractivity contribution < 1.29 is 19.1 Å². The Balaban J connectivity index is 1.51. The first-order valence-corrected chi connectivity index (χ1v) is 10.5. The maximum atomic E-state index is 13.2. The van der Waals surface area contributed by atoms with E-state index in [1.165, 1.54) is 16.2 Å². The predicted molar refractivity (Wildman–Crippen MR) is 113 cm³/mol. The van der Waals surface area contributed by atoms with E-state index in [0.717, 1.165) is 5.56 Å². The summed E-state index contributed by atoms with van der Waals surface area (Å²) < 4.78 is 5.11.